The van der Waals surface area contributed by atoms with Crippen LogP contribution in [0.15, 0.2) is 0 Å². The van der Waals surface area contributed by atoms with Crippen molar-refractivity contribution >= 4 is 5.82 Å². The molecule has 14 heavy (non-hydrogen) atoms. The van der Waals surface area contributed by atoms with Crippen LogP contribution in [-0.4, -0.2) is 9.55 Å². The molecule has 1 aromatic heterocycles. The average molecular weight is 193 g/mol. The van der Waals surface area contributed by atoms with Gasteiger partial charge in [-0.3, -0.25) is 0 Å². The van der Waals surface area contributed by atoms with Crippen molar-refractivity contribution in [2.75, 3.05) is 5.73 Å². The Kier molecular flexibility index (Phi) is 2.25. The lowest BCUT2D eigenvalue weighted by Gasteiger charge is -2.10. The Labute approximate surface area is 85.3 Å². The molecule has 0 atom stereocenters. The number of nitrogens with two attached hydrogens (primary N) is 1. The molecule has 1 aliphatic carbocycles. The summed E-state index contributed by atoms with van der Waals surface area (Å²) in [6.45, 7) is 7.44. The second kappa shape index (κ2) is 3.30. The first-order valence-electron chi connectivity index (χ1n) is 5.42. The normalized spacial score (nSPS) is 16.6. The lowest BCUT2D eigenvalue weighted by atomic mass is 10.2. The fourth-order valence-electron chi connectivity index (χ4n) is 1.86. The van der Waals surface area contributed by atoms with E-state index >= 15 is 0 Å². The lowest BCUT2D eigenvalue weighted by molar-refractivity contribution is 0.518. The van der Waals surface area contributed by atoms with Crippen molar-refractivity contribution in [3.8, 4) is 0 Å². The fourth-order valence-corrected chi connectivity index (χ4v) is 1.86. The van der Waals surface area contributed by atoms with E-state index in [1.165, 1.54) is 12.8 Å². The quantitative estimate of drug-likeness (QED) is 0.800. The van der Waals surface area contributed by atoms with Gasteiger partial charge in [0.25, 0.3) is 0 Å². The molecule has 0 aromatic carbocycles. The smallest absolute Gasteiger partial charge is 0.127 e. The average Bonchev–Trinajstić information content (AvgIpc) is 2.88. The van der Waals surface area contributed by atoms with Crippen molar-refractivity contribution in [2.45, 2.75) is 46.1 Å². The third kappa shape index (κ3) is 1.63. The van der Waals surface area contributed by atoms with Gasteiger partial charge in [0.15, 0.2) is 0 Å². The monoisotopic (exact) mass is 193 g/mol. The molecule has 2 rings (SSSR count). The number of anilines is 1. The first-order valence-corrected chi connectivity index (χ1v) is 5.42. The minimum absolute atomic E-state index is 0.622. The van der Waals surface area contributed by atoms with Gasteiger partial charge in [-0.1, -0.05) is 13.8 Å². The Hall–Kier alpha value is -0.990. The number of nitrogens with zero attached hydrogens (tertiary/aromatic N) is 2. The second-order valence-corrected chi connectivity index (χ2v) is 4.71. The first-order chi connectivity index (χ1) is 6.59. The number of rotatable bonds is 3. The Morgan fingerprint density at radius 1 is 1.50 bits per heavy atom. The molecule has 0 radical (unpaired) electrons. The highest BCUT2D eigenvalue weighted by molar-refractivity contribution is 5.42. The van der Waals surface area contributed by atoms with Crippen LogP contribution < -0.4 is 5.73 Å². The van der Waals surface area contributed by atoms with Crippen LogP contribution in [0.4, 0.5) is 5.82 Å². The van der Waals surface area contributed by atoms with Crippen molar-refractivity contribution in [3.05, 3.63) is 11.5 Å². The predicted molar refractivity (Wildman–Crippen MR) is 58.2 cm³/mol. The molecule has 1 saturated carbocycles. The van der Waals surface area contributed by atoms with Crippen LogP contribution in [0.5, 0.6) is 0 Å². The van der Waals surface area contributed by atoms with Gasteiger partial charge in [-0.2, -0.15) is 0 Å². The van der Waals surface area contributed by atoms with Crippen LogP contribution in [0.1, 0.15) is 44.1 Å². The molecule has 1 aliphatic rings. The molecule has 0 amide bonds. The number of hydrogen-bond acceptors (Lipinski definition) is 2. The van der Waals surface area contributed by atoms with Crippen molar-refractivity contribution in [1.29, 1.82) is 0 Å². The van der Waals surface area contributed by atoms with Gasteiger partial charge in [0, 0.05) is 12.5 Å². The maximum absolute atomic E-state index is 6.09. The van der Waals surface area contributed by atoms with E-state index in [0.717, 1.165) is 23.9 Å². The van der Waals surface area contributed by atoms with Gasteiger partial charge in [0.05, 0.1) is 5.69 Å². The Morgan fingerprint density at radius 3 is 2.64 bits per heavy atom. The molecule has 1 heterocycles. The Morgan fingerprint density at radius 2 is 2.14 bits per heavy atom. The van der Waals surface area contributed by atoms with Gasteiger partial charge in [-0.05, 0) is 25.7 Å². The summed E-state index contributed by atoms with van der Waals surface area (Å²) in [6, 6.07) is 0. The maximum Gasteiger partial charge on any atom is 0.127 e. The molecule has 2 N–H and O–H groups in total. The molecule has 3 nitrogen and oxygen atoms in total. The summed E-state index contributed by atoms with van der Waals surface area (Å²) < 4.78 is 2.15. The number of hydrogen-bond donors (Lipinski definition) is 1. The molecule has 0 saturated heterocycles. The molecule has 1 fully saturated rings. The van der Waals surface area contributed by atoms with Crippen molar-refractivity contribution in [1.82, 2.24) is 9.55 Å². The maximum atomic E-state index is 6.09. The minimum atomic E-state index is 0.622. The SMILES string of the molecule is Cc1nc(C2CC2)c(N)n1CC(C)C. The van der Waals surface area contributed by atoms with E-state index in [9.17, 15) is 0 Å². The second-order valence-electron chi connectivity index (χ2n) is 4.71. The van der Waals surface area contributed by atoms with E-state index in [0.29, 0.717) is 11.8 Å². The summed E-state index contributed by atoms with van der Waals surface area (Å²) in [6.07, 6.45) is 2.53. The zero-order valence-electron chi connectivity index (χ0n) is 9.25. The molecule has 78 valence electrons. The summed E-state index contributed by atoms with van der Waals surface area (Å²) in [5.41, 5.74) is 7.24. The summed E-state index contributed by atoms with van der Waals surface area (Å²) in [4.78, 5) is 4.56. The summed E-state index contributed by atoms with van der Waals surface area (Å²) >= 11 is 0. The van der Waals surface area contributed by atoms with Crippen LogP contribution in [0.3, 0.4) is 0 Å². The fraction of sp³-hybridized carbons (Fsp3) is 0.727. The van der Waals surface area contributed by atoms with E-state index in [4.69, 9.17) is 5.73 Å². The molecule has 0 spiro atoms. The minimum Gasteiger partial charge on any atom is -0.384 e. The van der Waals surface area contributed by atoms with Crippen LogP contribution in [0.25, 0.3) is 0 Å². The van der Waals surface area contributed by atoms with Gasteiger partial charge in [-0.15, -0.1) is 0 Å². The van der Waals surface area contributed by atoms with E-state index in [1.807, 2.05) is 6.92 Å². The van der Waals surface area contributed by atoms with Crippen LogP contribution in [0, 0.1) is 12.8 Å². The van der Waals surface area contributed by atoms with Gasteiger partial charge in [0.1, 0.15) is 11.6 Å². The van der Waals surface area contributed by atoms with E-state index in [1.54, 1.807) is 0 Å². The molecule has 3 heteroatoms. The summed E-state index contributed by atoms with van der Waals surface area (Å²) in [5, 5.41) is 0. The van der Waals surface area contributed by atoms with Crippen molar-refractivity contribution < 1.29 is 0 Å². The summed E-state index contributed by atoms with van der Waals surface area (Å²) in [7, 11) is 0. The molecule has 1 aromatic rings. The molecule has 0 unspecified atom stereocenters. The first kappa shape index (κ1) is 9.56. The van der Waals surface area contributed by atoms with Gasteiger partial charge in [-0.25, -0.2) is 4.98 Å². The number of imidazole rings is 1. The number of aryl methyl sites for hydroxylation is 1. The van der Waals surface area contributed by atoms with Crippen LogP contribution >= 0.6 is 0 Å². The standard InChI is InChI=1S/C11H19N3/c1-7(2)6-14-8(3)13-10(11(14)12)9-4-5-9/h7,9H,4-6,12H2,1-3H3. The zero-order chi connectivity index (χ0) is 10.3. The van der Waals surface area contributed by atoms with E-state index in [2.05, 4.69) is 23.4 Å². The van der Waals surface area contributed by atoms with Crippen LogP contribution in [-0.2, 0) is 6.54 Å². The largest absolute Gasteiger partial charge is 0.384 e. The third-order valence-electron chi connectivity index (χ3n) is 2.74. The number of aromatic nitrogens is 2. The lowest BCUT2D eigenvalue weighted by Crippen LogP contribution is -2.09. The Bertz CT molecular complexity index is 335. The Balaban J connectivity index is 2.29. The van der Waals surface area contributed by atoms with Gasteiger partial charge < -0.3 is 10.3 Å². The highest BCUT2D eigenvalue weighted by Gasteiger charge is 2.29. The topological polar surface area (TPSA) is 43.8 Å². The van der Waals surface area contributed by atoms with Crippen LogP contribution in [0.2, 0.25) is 0 Å². The predicted octanol–water partition coefficient (Wildman–Crippen LogP) is 2.31. The molecular formula is C11H19N3. The van der Waals surface area contributed by atoms with E-state index < -0.39 is 0 Å². The highest BCUT2D eigenvalue weighted by Crippen LogP contribution is 2.42. The third-order valence-corrected chi connectivity index (χ3v) is 2.74. The molecular weight excluding hydrogens is 174 g/mol. The number of nitrogen functional groups attached to an aromatic ring is 1. The molecule has 0 aliphatic heterocycles. The van der Waals surface area contributed by atoms with Gasteiger partial charge >= 0.3 is 0 Å². The zero-order valence-corrected chi connectivity index (χ0v) is 9.25. The summed E-state index contributed by atoms with van der Waals surface area (Å²) in [5.74, 6) is 3.25. The van der Waals surface area contributed by atoms with Crippen molar-refractivity contribution in [2.24, 2.45) is 5.92 Å². The highest BCUT2D eigenvalue weighted by atomic mass is 15.1. The van der Waals surface area contributed by atoms with Crippen molar-refractivity contribution in [3.63, 3.8) is 0 Å². The van der Waals surface area contributed by atoms with E-state index in [-0.39, 0.29) is 0 Å². The van der Waals surface area contributed by atoms with Gasteiger partial charge in [0.2, 0.25) is 0 Å². The molecule has 0 bridgehead atoms.